The second-order valence-electron chi connectivity index (χ2n) is 7.77. The van der Waals surface area contributed by atoms with E-state index in [4.69, 9.17) is 15.2 Å². The number of para-hydroxylation sites is 1. The molecule has 1 saturated heterocycles. The number of likely N-dealkylation sites (tertiary alicyclic amines) is 1. The molecule has 7 heteroatoms. The molecule has 3 aromatic rings. The Bertz CT molecular complexity index is 1150. The van der Waals surface area contributed by atoms with Crippen molar-refractivity contribution in [3.8, 4) is 23.1 Å². The summed E-state index contributed by atoms with van der Waals surface area (Å²) in [6, 6.07) is 19.9. The van der Waals surface area contributed by atoms with E-state index >= 15 is 0 Å². The van der Waals surface area contributed by atoms with E-state index in [0.717, 1.165) is 24.3 Å². The minimum Gasteiger partial charge on any atom is -0.457 e. The molecule has 33 heavy (non-hydrogen) atoms. The van der Waals surface area contributed by atoms with Crippen molar-refractivity contribution in [2.24, 2.45) is 5.73 Å². The Hall–Kier alpha value is -4.13. The number of hydrogen-bond donors (Lipinski definition) is 1. The fraction of sp³-hybridized carbons (Fsp3) is 0.192. The lowest BCUT2D eigenvalue weighted by Gasteiger charge is -2.32. The maximum Gasteiger partial charge on any atom is 0.254 e. The highest BCUT2D eigenvalue weighted by molar-refractivity contribution is 5.95. The number of aromatic nitrogens is 1. The van der Waals surface area contributed by atoms with Gasteiger partial charge >= 0.3 is 0 Å². The number of benzene rings is 2. The van der Waals surface area contributed by atoms with E-state index in [1.165, 1.54) is 6.08 Å². The molecule has 2 aromatic carbocycles. The minimum atomic E-state index is -0.625. The number of carbonyl (C=O) groups excluding carboxylic acids is 2. The molecule has 1 atom stereocenters. The lowest BCUT2D eigenvalue weighted by Crippen LogP contribution is -2.38. The summed E-state index contributed by atoms with van der Waals surface area (Å²) in [5.74, 6) is 1.34. The molecule has 1 aromatic heterocycles. The van der Waals surface area contributed by atoms with E-state index in [1.807, 2.05) is 30.3 Å². The first-order valence-corrected chi connectivity index (χ1v) is 10.8. The average Bonchev–Trinajstić information content (AvgIpc) is 2.85. The lowest BCUT2D eigenvalue weighted by molar-refractivity contribution is -0.127. The first-order chi connectivity index (χ1) is 16.0. The Balaban J connectivity index is 1.53. The SMILES string of the molecule is C=CC(=O)N1CCCC(c2ccc(C(N)=O)c(Oc3ccc(Oc4ccccc4)cc3)n2)C1. The highest BCUT2D eigenvalue weighted by atomic mass is 16.5. The van der Waals surface area contributed by atoms with Gasteiger partial charge in [0, 0.05) is 24.7 Å². The van der Waals surface area contributed by atoms with Crippen LogP contribution in [0.5, 0.6) is 23.1 Å². The first kappa shape index (κ1) is 22.1. The van der Waals surface area contributed by atoms with E-state index < -0.39 is 5.91 Å². The summed E-state index contributed by atoms with van der Waals surface area (Å²) in [6.07, 6.45) is 3.07. The number of nitrogens with two attached hydrogens (primary N) is 1. The van der Waals surface area contributed by atoms with Crippen LogP contribution in [0, 0.1) is 0 Å². The van der Waals surface area contributed by atoms with E-state index in [9.17, 15) is 9.59 Å². The summed E-state index contributed by atoms with van der Waals surface area (Å²) in [5, 5.41) is 0. The average molecular weight is 444 g/mol. The molecule has 2 amide bonds. The molecule has 0 spiro atoms. The van der Waals surface area contributed by atoms with Gasteiger partial charge in [-0.25, -0.2) is 4.98 Å². The van der Waals surface area contributed by atoms with Crippen LogP contribution < -0.4 is 15.2 Å². The number of rotatable bonds is 7. The summed E-state index contributed by atoms with van der Waals surface area (Å²) < 4.78 is 11.7. The van der Waals surface area contributed by atoms with Gasteiger partial charge in [0.1, 0.15) is 22.8 Å². The van der Waals surface area contributed by atoms with Gasteiger partial charge in [-0.3, -0.25) is 9.59 Å². The highest BCUT2D eigenvalue weighted by Gasteiger charge is 2.26. The maximum atomic E-state index is 12.0. The number of hydrogen-bond acceptors (Lipinski definition) is 5. The molecular formula is C26H25N3O4. The Morgan fingerprint density at radius 1 is 0.970 bits per heavy atom. The van der Waals surface area contributed by atoms with E-state index in [1.54, 1.807) is 41.3 Å². The van der Waals surface area contributed by atoms with Crippen LogP contribution in [0.3, 0.4) is 0 Å². The van der Waals surface area contributed by atoms with Crippen molar-refractivity contribution in [3.63, 3.8) is 0 Å². The Labute approximate surface area is 192 Å². The van der Waals surface area contributed by atoms with Crippen LogP contribution in [0.1, 0.15) is 34.8 Å². The molecule has 2 heterocycles. The zero-order chi connectivity index (χ0) is 23.2. The van der Waals surface area contributed by atoms with Gasteiger partial charge in [0.25, 0.3) is 5.91 Å². The molecule has 0 saturated carbocycles. The van der Waals surface area contributed by atoms with Gasteiger partial charge in [-0.1, -0.05) is 24.8 Å². The molecule has 1 aliphatic rings. The molecule has 1 aliphatic heterocycles. The topological polar surface area (TPSA) is 94.8 Å². The molecule has 0 aliphatic carbocycles. The second-order valence-corrected chi connectivity index (χ2v) is 7.77. The fourth-order valence-electron chi connectivity index (χ4n) is 3.81. The fourth-order valence-corrected chi connectivity index (χ4v) is 3.81. The third-order valence-corrected chi connectivity index (χ3v) is 5.49. The monoisotopic (exact) mass is 443 g/mol. The van der Waals surface area contributed by atoms with Crippen LogP contribution in [0.4, 0.5) is 0 Å². The van der Waals surface area contributed by atoms with Crippen molar-refractivity contribution in [2.75, 3.05) is 13.1 Å². The molecule has 0 bridgehead atoms. The van der Waals surface area contributed by atoms with Gasteiger partial charge < -0.3 is 20.1 Å². The zero-order valence-corrected chi connectivity index (χ0v) is 18.1. The Morgan fingerprint density at radius 2 is 1.64 bits per heavy atom. The summed E-state index contributed by atoms with van der Waals surface area (Å²) in [5.41, 5.74) is 6.49. The lowest BCUT2D eigenvalue weighted by atomic mass is 9.94. The summed E-state index contributed by atoms with van der Waals surface area (Å²) in [6.45, 7) is 4.80. The standard InChI is InChI=1S/C26H25N3O4/c1-2-24(30)29-16-6-7-18(17-29)23-15-14-22(25(27)31)26(28-23)33-21-12-10-20(11-13-21)32-19-8-4-3-5-9-19/h2-5,8-15,18H,1,6-7,16-17H2,(H2,27,31). The molecule has 4 rings (SSSR count). The predicted molar refractivity (Wildman–Crippen MR) is 125 cm³/mol. The third-order valence-electron chi connectivity index (χ3n) is 5.49. The summed E-state index contributed by atoms with van der Waals surface area (Å²) in [7, 11) is 0. The molecule has 1 fully saturated rings. The van der Waals surface area contributed by atoms with Crippen LogP contribution in [0.15, 0.2) is 79.4 Å². The van der Waals surface area contributed by atoms with Gasteiger partial charge in [-0.05, 0) is 67.4 Å². The Kier molecular flexibility index (Phi) is 6.69. The number of piperidine rings is 1. The molecule has 168 valence electrons. The highest BCUT2D eigenvalue weighted by Crippen LogP contribution is 2.31. The quantitative estimate of drug-likeness (QED) is 0.536. The van der Waals surface area contributed by atoms with E-state index in [-0.39, 0.29) is 23.3 Å². The van der Waals surface area contributed by atoms with Crippen LogP contribution in [0.25, 0.3) is 0 Å². The summed E-state index contributed by atoms with van der Waals surface area (Å²) >= 11 is 0. The van der Waals surface area contributed by atoms with Gasteiger partial charge in [-0.2, -0.15) is 0 Å². The maximum absolute atomic E-state index is 12.0. The van der Waals surface area contributed by atoms with Crippen LogP contribution in [0.2, 0.25) is 0 Å². The zero-order valence-electron chi connectivity index (χ0n) is 18.1. The van der Waals surface area contributed by atoms with Crippen molar-refractivity contribution >= 4 is 11.8 Å². The minimum absolute atomic E-state index is 0.0357. The van der Waals surface area contributed by atoms with E-state index in [0.29, 0.717) is 24.6 Å². The third kappa shape index (κ3) is 5.38. The van der Waals surface area contributed by atoms with Gasteiger partial charge in [0.2, 0.25) is 11.8 Å². The van der Waals surface area contributed by atoms with Crippen LogP contribution >= 0.6 is 0 Å². The number of ether oxygens (including phenoxy) is 2. The van der Waals surface area contributed by atoms with Crippen molar-refractivity contribution in [2.45, 2.75) is 18.8 Å². The van der Waals surface area contributed by atoms with Gasteiger partial charge in [0.05, 0.1) is 0 Å². The van der Waals surface area contributed by atoms with Crippen LogP contribution in [-0.4, -0.2) is 34.8 Å². The van der Waals surface area contributed by atoms with Gasteiger partial charge in [0.15, 0.2) is 0 Å². The predicted octanol–water partition coefficient (Wildman–Crippen LogP) is 4.66. The largest absolute Gasteiger partial charge is 0.457 e. The number of amides is 2. The summed E-state index contributed by atoms with van der Waals surface area (Å²) in [4.78, 5) is 30.4. The van der Waals surface area contributed by atoms with E-state index in [2.05, 4.69) is 11.6 Å². The molecule has 2 N–H and O–H groups in total. The van der Waals surface area contributed by atoms with Crippen molar-refractivity contribution in [1.29, 1.82) is 0 Å². The van der Waals surface area contributed by atoms with Crippen LogP contribution in [-0.2, 0) is 4.79 Å². The first-order valence-electron chi connectivity index (χ1n) is 10.8. The number of nitrogens with zero attached hydrogens (tertiary/aromatic N) is 2. The molecular weight excluding hydrogens is 418 g/mol. The number of primary amides is 1. The van der Waals surface area contributed by atoms with Crippen molar-refractivity contribution in [1.82, 2.24) is 9.88 Å². The normalized spacial score (nSPS) is 15.5. The molecule has 7 nitrogen and oxygen atoms in total. The number of pyridine rings is 1. The smallest absolute Gasteiger partial charge is 0.254 e. The second kappa shape index (κ2) is 9.99. The Morgan fingerprint density at radius 3 is 2.30 bits per heavy atom. The molecule has 0 radical (unpaired) electrons. The van der Waals surface area contributed by atoms with Gasteiger partial charge in [-0.15, -0.1) is 0 Å². The van der Waals surface area contributed by atoms with Crippen molar-refractivity contribution in [3.05, 3.63) is 90.6 Å². The number of carbonyl (C=O) groups is 2. The van der Waals surface area contributed by atoms with Crippen molar-refractivity contribution < 1.29 is 19.1 Å². The molecule has 1 unspecified atom stereocenters.